The summed E-state index contributed by atoms with van der Waals surface area (Å²) in [7, 11) is 1.96. The predicted molar refractivity (Wildman–Crippen MR) is 147 cm³/mol. The largest absolute Gasteiger partial charge is 0.451 e. The molecule has 1 N–H and O–H groups in total. The van der Waals surface area contributed by atoms with Crippen LogP contribution >= 0.6 is 11.6 Å². The summed E-state index contributed by atoms with van der Waals surface area (Å²) in [5.41, 5.74) is 4.49. The number of imidazole rings is 1. The highest BCUT2D eigenvalue weighted by Crippen LogP contribution is 2.27. The van der Waals surface area contributed by atoms with Crippen LogP contribution in [0, 0.1) is 0 Å². The monoisotopic (exact) mass is 521 g/mol. The summed E-state index contributed by atoms with van der Waals surface area (Å²) in [5.74, 6) is 0.592. The molecule has 1 amide bonds. The summed E-state index contributed by atoms with van der Waals surface area (Å²) in [6, 6.07) is 24.5. The van der Waals surface area contributed by atoms with Crippen molar-refractivity contribution in [2.75, 3.05) is 0 Å². The average Bonchev–Trinajstić information content (AvgIpc) is 3.69. The molecule has 188 valence electrons. The fraction of sp³-hybridized carbons (Fsp3) is 0.100. The molecule has 2 aromatic carbocycles. The third-order valence-corrected chi connectivity index (χ3v) is 6.78. The highest BCUT2D eigenvalue weighted by molar-refractivity contribution is 6.31. The van der Waals surface area contributed by atoms with Crippen molar-refractivity contribution in [3.63, 3.8) is 0 Å². The Labute approximate surface area is 224 Å². The third-order valence-electron chi connectivity index (χ3n) is 6.55. The minimum atomic E-state index is -0.438. The molecule has 0 spiro atoms. The first-order valence-corrected chi connectivity index (χ1v) is 12.6. The van der Waals surface area contributed by atoms with Crippen molar-refractivity contribution in [1.82, 2.24) is 24.4 Å². The molecule has 6 rings (SSSR count). The molecule has 0 radical (unpaired) electrons. The summed E-state index contributed by atoms with van der Waals surface area (Å²) < 4.78 is 9.87. The van der Waals surface area contributed by atoms with E-state index >= 15 is 0 Å². The van der Waals surface area contributed by atoms with Crippen molar-refractivity contribution >= 4 is 28.5 Å². The van der Waals surface area contributed by atoms with Crippen LogP contribution < -0.4 is 5.32 Å². The first kappa shape index (κ1) is 23.8. The van der Waals surface area contributed by atoms with Crippen molar-refractivity contribution in [3.05, 3.63) is 126 Å². The Hall–Kier alpha value is -4.62. The summed E-state index contributed by atoms with van der Waals surface area (Å²) >= 11 is 6.11. The molecule has 0 aliphatic carbocycles. The number of furan rings is 1. The lowest BCUT2D eigenvalue weighted by Gasteiger charge is -2.18. The number of nitrogens with one attached hydrogen (secondary N) is 1. The van der Waals surface area contributed by atoms with Crippen LogP contribution in [0.25, 0.3) is 27.9 Å². The Morgan fingerprint density at radius 1 is 1.00 bits per heavy atom. The molecule has 4 aromatic heterocycles. The molecular weight excluding hydrogens is 498 g/mol. The minimum Gasteiger partial charge on any atom is -0.451 e. The van der Waals surface area contributed by atoms with Gasteiger partial charge in [0, 0.05) is 53.8 Å². The molecule has 4 heterocycles. The standard InChI is InChI=1S/C30H24ClN5O2/c1-35-26(20-7-10-24(11-8-20)36-14-4-5-15-36)19-33-29(35)25(18-23-6-2-3-13-32-23)34-30(37)28-17-21-16-22(31)9-12-27(21)38-28/h2-17,19,25H,18H2,1H3,(H,34,37). The lowest BCUT2D eigenvalue weighted by molar-refractivity contribution is 0.0908. The van der Waals surface area contributed by atoms with Crippen LogP contribution in [0.5, 0.6) is 0 Å². The summed E-state index contributed by atoms with van der Waals surface area (Å²) in [6.07, 6.45) is 8.07. The lowest BCUT2D eigenvalue weighted by atomic mass is 10.1. The number of rotatable bonds is 7. The van der Waals surface area contributed by atoms with Gasteiger partial charge in [-0.25, -0.2) is 4.98 Å². The zero-order valence-corrected chi connectivity index (χ0v) is 21.3. The van der Waals surface area contributed by atoms with Gasteiger partial charge in [-0.15, -0.1) is 0 Å². The molecular formula is C30H24ClN5O2. The van der Waals surface area contributed by atoms with Crippen molar-refractivity contribution in [3.8, 4) is 16.9 Å². The lowest BCUT2D eigenvalue weighted by Crippen LogP contribution is -2.31. The van der Waals surface area contributed by atoms with E-state index in [2.05, 4.69) is 39.1 Å². The van der Waals surface area contributed by atoms with Gasteiger partial charge in [-0.3, -0.25) is 9.78 Å². The Morgan fingerprint density at radius 3 is 2.58 bits per heavy atom. The van der Waals surface area contributed by atoms with Gasteiger partial charge in [0.05, 0.1) is 17.9 Å². The van der Waals surface area contributed by atoms with Gasteiger partial charge in [-0.1, -0.05) is 29.8 Å². The second-order valence-electron chi connectivity index (χ2n) is 9.04. The third kappa shape index (κ3) is 4.71. The number of carbonyl (C=O) groups excluding carboxylic acids is 1. The van der Waals surface area contributed by atoms with Crippen LogP contribution in [0.4, 0.5) is 0 Å². The van der Waals surface area contributed by atoms with E-state index in [9.17, 15) is 4.79 Å². The van der Waals surface area contributed by atoms with Gasteiger partial charge in [-0.05, 0) is 66.2 Å². The maximum absolute atomic E-state index is 13.3. The van der Waals surface area contributed by atoms with Gasteiger partial charge in [-0.2, -0.15) is 0 Å². The first-order valence-electron chi connectivity index (χ1n) is 12.2. The number of hydrogen-bond acceptors (Lipinski definition) is 4. The number of carbonyl (C=O) groups is 1. The van der Waals surface area contributed by atoms with Crippen LogP contribution in [-0.4, -0.2) is 25.0 Å². The zero-order chi connectivity index (χ0) is 26.1. The summed E-state index contributed by atoms with van der Waals surface area (Å²) in [4.78, 5) is 22.5. The van der Waals surface area contributed by atoms with Crippen LogP contribution in [0.15, 0.2) is 108 Å². The number of fused-ring (bicyclic) bond motifs is 1. The van der Waals surface area contributed by atoms with E-state index in [0.29, 0.717) is 22.9 Å². The van der Waals surface area contributed by atoms with E-state index in [1.165, 1.54) is 0 Å². The average molecular weight is 522 g/mol. The SMILES string of the molecule is Cn1c(-c2ccc(-n3cccc3)cc2)cnc1C(Cc1ccccn1)NC(=O)c1cc2cc(Cl)ccc2o1. The molecule has 0 bridgehead atoms. The highest BCUT2D eigenvalue weighted by Gasteiger charge is 2.24. The number of pyridine rings is 1. The maximum atomic E-state index is 13.3. The fourth-order valence-corrected chi connectivity index (χ4v) is 4.80. The van der Waals surface area contributed by atoms with Crippen molar-refractivity contribution in [1.29, 1.82) is 0 Å². The van der Waals surface area contributed by atoms with Crippen LogP contribution in [0.2, 0.25) is 5.02 Å². The van der Waals surface area contributed by atoms with E-state index in [0.717, 1.165) is 28.0 Å². The molecule has 0 saturated carbocycles. The zero-order valence-electron chi connectivity index (χ0n) is 20.6. The first-order chi connectivity index (χ1) is 18.5. The minimum absolute atomic E-state index is 0.211. The second-order valence-corrected chi connectivity index (χ2v) is 9.48. The number of nitrogens with zero attached hydrogens (tertiary/aromatic N) is 4. The van der Waals surface area contributed by atoms with Gasteiger partial charge in [0.15, 0.2) is 5.76 Å². The quantitative estimate of drug-likeness (QED) is 0.264. The number of hydrogen-bond donors (Lipinski definition) is 1. The van der Waals surface area contributed by atoms with Crippen LogP contribution in [-0.2, 0) is 13.5 Å². The topological polar surface area (TPSA) is 77.9 Å². The molecule has 7 nitrogen and oxygen atoms in total. The second kappa shape index (κ2) is 10.0. The van der Waals surface area contributed by atoms with Gasteiger partial charge < -0.3 is 18.9 Å². The highest BCUT2D eigenvalue weighted by atomic mass is 35.5. The van der Waals surface area contributed by atoms with Gasteiger partial charge in [0.1, 0.15) is 11.4 Å². The van der Waals surface area contributed by atoms with Gasteiger partial charge in [0.25, 0.3) is 5.91 Å². The Morgan fingerprint density at radius 2 is 1.82 bits per heavy atom. The molecule has 0 aliphatic heterocycles. The molecule has 0 fully saturated rings. The van der Waals surface area contributed by atoms with E-state index in [1.54, 1.807) is 30.5 Å². The Bertz CT molecular complexity index is 1700. The van der Waals surface area contributed by atoms with Gasteiger partial charge >= 0.3 is 0 Å². The normalized spacial score (nSPS) is 12.1. The number of halogens is 1. The van der Waals surface area contributed by atoms with E-state index < -0.39 is 6.04 Å². The van der Waals surface area contributed by atoms with Crippen molar-refractivity contribution in [2.45, 2.75) is 12.5 Å². The number of amides is 1. The number of aromatic nitrogens is 4. The summed E-state index contributed by atoms with van der Waals surface area (Å²) in [6.45, 7) is 0. The smallest absolute Gasteiger partial charge is 0.287 e. The van der Waals surface area contributed by atoms with Crippen LogP contribution in [0.1, 0.15) is 28.1 Å². The summed E-state index contributed by atoms with van der Waals surface area (Å²) in [5, 5.41) is 4.47. The van der Waals surface area contributed by atoms with E-state index in [-0.39, 0.29) is 11.7 Å². The molecule has 0 aliphatic rings. The van der Waals surface area contributed by atoms with E-state index in [1.807, 2.05) is 60.5 Å². The molecule has 6 aromatic rings. The molecule has 8 heteroatoms. The molecule has 38 heavy (non-hydrogen) atoms. The van der Waals surface area contributed by atoms with Crippen molar-refractivity contribution in [2.24, 2.45) is 7.05 Å². The molecule has 1 unspecified atom stereocenters. The van der Waals surface area contributed by atoms with Crippen molar-refractivity contribution < 1.29 is 9.21 Å². The fourth-order valence-electron chi connectivity index (χ4n) is 4.62. The Kier molecular flexibility index (Phi) is 6.27. The maximum Gasteiger partial charge on any atom is 0.287 e. The van der Waals surface area contributed by atoms with E-state index in [4.69, 9.17) is 21.0 Å². The van der Waals surface area contributed by atoms with Gasteiger partial charge in [0.2, 0.25) is 0 Å². The number of benzene rings is 2. The van der Waals surface area contributed by atoms with Crippen LogP contribution in [0.3, 0.4) is 0 Å². The molecule has 1 atom stereocenters. The predicted octanol–water partition coefficient (Wildman–Crippen LogP) is 6.39. The Balaban J connectivity index is 1.31. The molecule has 0 saturated heterocycles.